The van der Waals surface area contributed by atoms with E-state index in [9.17, 15) is 0 Å². The Labute approximate surface area is 105 Å². The molecule has 104 valence electrons. The molecule has 0 aliphatic rings. The van der Waals surface area contributed by atoms with Crippen LogP contribution in [0.3, 0.4) is 0 Å². The zero-order valence-corrected chi connectivity index (χ0v) is 11.2. The van der Waals surface area contributed by atoms with Crippen LogP contribution in [0.25, 0.3) is 0 Å². The first kappa shape index (κ1) is 16.8. The van der Waals surface area contributed by atoms with E-state index in [-0.39, 0.29) is 0 Å². The van der Waals surface area contributed by atoms with Crippen molar-refractivity contribution in [3.05, 3.63) is 0 Å². The van der Waals surface area contributed by atoms with Gasteiger partial charge in [-0.3, -0.25) is 0 Å². The second-order valence-corrected chi connectivity index (χ2v) is 4.50. The molecule has 0 aliphatic heterocycles. The molecule has 4 nitrogen and oxygen atoms in total. The largest absolute Gasteiger partial charge is 0.219 e. The second-order valence-electron chi connectivity index (χ2n) is 4.50. The lowest BCUT2D eigenvalue weighted by molar-refractivity contribution is -0.623. The topological polar surface area (TPSA) is 47.9 Å². The molecule has 0 aromatic rings. The van der Waals surface area contributed by atoms with Crippen molar-refractivity contribution in [2.45, 2.75) is 77.6 Å². The smallest absolute Gasteiger partial charge is 0.0854 e. The maximum absolute atomic E-state index is 7.80. The van der Waals surface area contributed by atoms with Gasteiger partial charge in [-0.25, -0.2) is 10.1 Å². The fourth-order valence-electron chi connectivity index (χ4n) is 1.88. The van der Waals surface area contributed by atoms with Gasteiger partial charge in [0.25, 0.3) is 0 Å². The van der Waals surface area contributed by atoms with Crippen LogP contribution in [0.1, 0.15) is 77.6 Å². The summed E-state index contributed by atoms with van der Waals surface area (Å²) in [4.78, 5) is 4.49. The SMILES string of the molecule is CCCCCCCCCCCCCOOOO. The third-order valence-electron chi connectivity index (χ3n) is 2.91. The summed E-state index contributed by atoms with van der Waals surface area (Å²) in [5.41, 5.74) is 0. The first-order valence-electron chi connectivity index (χ1n) is 7.01. The predicted molar refractivity (Wildman–Crippen MR) is 67.2 cm³/mol. The Morgan fingerprint density at radius 2 is 1.18 bits per heavy atom. The van der Waals surface area contributed by atoms with Crippen molar-refractivity contribution in [3.63, 3.8) is 0 Å². The molecule has 17 heavy (non-hydrogen) atoms. The highest BCUT2D eigenvalue weighted by molar-refractivity contribution is 4.47. The molecule has 0 unspecified atom stereocenters. The fraction of sp³-hybridized carbons (Fsp3) is 1.00. The van der Waals surface area contributed by atoms with E-state index >= 15 is 0 Å². The van der Waals surface area contributed by atoms with Gasteiger partial charge < -0.3 is 0 Å². The van der Waals surface area contributed by atoms with Crippen LogP contribution in [0.5, 0.6) is 0 Å². The van der Waals surface area contributed by atoms with Crippen molar-refractivity contribution in [1.29, 1.82) is 0 Å². The van der Waals surface area contributed by atoms with Gasteiger partial charge in [0.15, 0.2) is 0 Å². The van der Waals surface area contributed by atoms with Crippen LogP contribution < -0.4 is 0 Å². The van der Waals surface area contributed by atoms with Crippen molar-refractivity contribution in [3.8, 4) is 0 Å². The summed E-state index contributed by atoms with van der Waals surface area (Å²) in [5, 5.41) is 15.0. The first-order valence-corrected chi connectivity index (χ1v) is 7.01. The van der Waals surface area contributed by atoms with E-state index < -0.39 is 0 Å². The Balaban J connectivity index is 2.85. The number of hydrogen-bond donors (Lipinski definition) is 1. The third kappa shape index (κ3) is 15.8. The molecular formula is C13H28O4. The third-order valence-corrected chi connectivity index (χ3v) is 2.91. The van der Waals surface area contributed by atoms with Gasteiger partial charge >= 0.3 is 0 Å². The van der Waals surface area contributed by atoms with Crippen molar-refractivity contribution in [1.82, 2.24) is 0 Å². The quantitative estimate of drug-likeness (QED) is 0.276. The first-order chi connectivity index (χ1) is 8.41. The molecule has 0 saturated heterocycles. The molecule has 0 saturated carbocycles. The predicted octanol–water partition coefficient (Wildman–Crippen LogP) is 4.65. The summed E-state index contributed by atoms with van der Waals surface area (Å²) in [6, 6.07) is 0. The Bertz CT molecular complexity index is 117. The van der Waals surface area contributed by atoms with E-state index in [0.29, 0.717) is 6.61 Å². The highest BCUT2D eigenvalue weighted by Gasteiger charge is 1.93. The van der Waals surface area contributed by atoms with Gasteiger partial charge in [-0.05, 0) is 16.5 Å². The minimum absolute atomic E-state index is 0.470. The van der Waals surface area contributed by atoms with E-state index in [2.05, 4.69) is 21.9 Å². The highest BCUT2D eigenvalue weighted by atomic mass is 17.6. The van der Waals surface area contributed by atoms with Crippen LogP contribution in [0.2, 0.25) is 0 Å². The average Bonchev–Trinajstić information content (AvgIpc) is 2.35. The summed E-state index contributed by atoms with van der Waals surface area (Å²) in [6.07, 6.45) is 14.3. The second kappa shape index (κ2) is 15.8. The molecule has 4 heteroatoms. The van der Waals surface area contributed by atoms with E-state index in [1.165, 1.54) is 57.8 Å². The summed E-state index contributed by atoms with van der Waals surface area (Å²) in [6.45, 7) is 2.72. The Morgan fingerprint density at radius 3 is 1.65 bits per heavy atom. The molecule has 0 heterocycles. The molecule has 0 aromatic heterocycles. The van der Waals surface area contributed by atoms with Crippen molar-refractivity contribution >= 4 is 0 Å². The van der Waals surface area contributed by atoms with Crippen LogP contribution in [0.4, 0.5) is 0 Å². The van der Waals surface area contributed by atoms with Crippen molar-refractivity contribution < 1.29 is 20.2 Å². The average molecular weight is 248 g/mol. The molecule has 0 atom stereocenters. The number of unbranched alkanes of at least 4 members (excludes halogenated alkanes) is 10. The standard InChI is InChI=1S/C13H28O4/c1-2-3-4-5-6-7-8-9-10-11-12-13-15-17-16-14/h14H,2-13H2,1H3. The van der Waals surface area contributed by atoms with E-state index in [4.69, 9.17) is 5.26 Å². The Morgan fingerprint density at radius 1 is 0.706 bits per heavy atom. The fourth-order valence-corrected chi connectivity index (χ4v) is 1.88. The lowest BCUT2D eigenvalue weighted by atomic mass is 10.1. The molecule has 0 amide bonds. The zero-order valence-electron chi connectivity index (χ0n) is 11.2. The van der Waals surface area contributed by atoms with Gasteiger partial charge in [-0.15, -0.1) is 0 Å². The minimum atomic E-state index is 0.470. The molecule has 0 fully saturated rings. The monoisotopic (exact) mass is 248 g/mol. The van der Waals surface area contributed by atoms with Crippen molar-refractivity contribution in [2.75, 3.05) is 6.61 Å². The zero-order chi connectivity index (χ0) is 12.6. The molecule has 0 rings (SSSR count). The van der Waals surface area contributed by atoms with Gasteiger partial charge in [0, 0.05) is 0 Å². The molecule has 0 radical (unpaired) electrons. The molecule has 0 bridgehead atoms. The summed E-state index contributed by atoms with van der Waals surface area (Å²) in [5.74, 6) is 0. The highest BCUT2D eigenvalue weighted by Crippen LogP contribution is 2.11. The van der Waals surface area contributed by atoms with Crippen LogP contribution in [0.15, 0.2) is 0 Å². The lowest BCUT2D eigenvalue weighted by Crippen LogP contribution is -1.95. The summed E-state index contributed by atoms with van der Waals surface area (Å²) in [7, 11) is 0. The van der Waals surface area contributed by atoms with Crippen LogP contribution in [-0.2, 0) is 15.0 Å². The minimum Gasteiger partial charge on any atom is -0.219 e. The molecule has 1 N–H and O–H groups in total. The lowest BCUT2D eigenvalue weighted by Gasteiger charge is -2.02. The molecule has 0 aromatic carbocycles. The normalized spacial score (nSPS) is 10.9. The number of hydrogen-bond acceptors (Lipinski definition) is 4. The van der Waals surface area contributed by atoms with Crippen LogP contribution >= 0.6 is 0 Å². The van der Waals surface area contributed by atoms with Gasteiger partial charge in [-0.2, -0.15) is 0 Å². The van der Waals surface area contributed by atoms with E-state index in [0.717, 1.165) is 12.8 Å². The maximum atomic E-state index is 7.80. The van der Waals surface area contributed by atoms with E-state index in [1.807, 2.05) is 0 Å². The van der Waals surface area contributed by atoms with E-state index in [1.54, 1.807) is 0 Å². The molecule has 0 aliphatic carbocycles. The Kier molecular flexibility index (Phi) is 15.7. The summed E-state index contributed by atoms with van der Waals surface area (Å²) < 4.78 is 0. The molecular weight excluding hydrogens is 220 g/mol. The van der Waals surface area contributed by atoms with Crippen molar-refractivity contribution in [2.24, 2.45) is 0 Å². The van der Waals surface area contributed by atoms with Crippen LogP contribution in [0, 0.1) is 0 Å². The van der Waals surface area contributed by atoms with Gasteiger partial charge in [-0.1, -0.05) is 71.1 Å². The van der Waals surface area contributed by atoms with Gasteiger partial charge in [0.1, 0.15) is 0 Å². The van der Waals surface area contributed by atoms with Crippen LogP contribution in [-0.4, -0.2) is 11.9 Å². The summed E-state index contributed by atoms with van der Waals surface area (Å²) >= 11 is 0. The maximum Gasteiger partial charge on any atom is 0.0854 e. The Hall–Kier alpha value is -0.160. The molecule has 0 spiro atoms. The van der Waals surface area contributed by atoms with Gasteiger partial charge in [0.2, 0.25) is 0 Å². The van der Waals surface area contributed by atoms with Gasteiger partial charge in [0.05, 0.1) is 6.61 Å². The number of rotatable bonds is 14.